The fourth-order valence-corrected chi connectivity index (χ4v) is 1.05. The zero-order valence-corrected chi connectivity index (χ0v) is 6.44. The molecule has 0 aliphatic heterocycles. The summed E-state index contributed by atoms with van der Waals surface area (Å²) < 4.78 is 0. The summed E-state index contributed by atoms with van der Waals surface area (Å²) in [6.07, 6.45) is 0. The largest absolute Gasteiger partial charge is 0.397 e. The van der Waals surface area contributed by atoms with Crippen LogP contribution in [0.4, 0.5) is 11.4 Å². The molecule has 10 heavy (non-hydrogen) atoms. The van der Waals surface area contributed by atoms with E-state index >= 15 is 0 Å². The molecular weight excluding hydrogens is 144 g/mol. The van der Waals surface area contributed by atoms with E-state index in [1.165, 1.54) is 0 Å². The normalized spacial score (nSPS) is 9.70. The minimum absolute atomic E-state index is 0.631. The fraction of sp³-hybridized carbons (Fsp3) is 0.143. The van der Waals surface area contributed by atoms with E-state index in [1.54, 1.807) is 6.07 Å². The van der Waals surface area contributed by atoms with Crippen LogP contribution in [0.25, 0.3) is 0 Å². The molecule has 0 fully saturated rings. The van der Waals surface area contributed by atoms with Crippen molar-refractivity contribution in [1.82, 2.24) is 0 Å². The quantitative estimate of drug-likeness (QED) is 0.421. The average molecular weight is 154 g/mol. The Labute approximate surface area is 65.6 Å². The third-order valence-electron chi connectivity index (χ3n) is 1.40. The van der Waals surface area contributed by atoms with Crippen LogP contribution in [0.1, 0.15) is 5.56 Å². The van der Waals surface area contributed by atoms with E-state index in [0.29, 0.717) is 17.1 Å². The summed E-state index contributed by atoms with van der Waals surface area (Å²) in [7, 11) is 0. The van der Waals surface area contributed by atoms with E-state index in [-0.39, 0.29) is 0 Å². The van der Waals surface area contributed by atoms with Crippen LogP contribution in [0.3, 0.4) is 0 Å². The first-order chi connectivity index (χ1) is 4.75. The van der Waals surface area contributed by atoms with Gasteiger partial charge in [0.2, 0.25) is 0 Å². The van der Waals surface area contributed by atoms with E-state index in [0.717, 1.165) is 5.56 Å². The van der Waals surface area contributed by atoms with Crippen molar-refractivity contribution in [3.8, 4) is 0 Å². The number of hydrogen-bond donors (Lipinski definition) is 3. The maximum Gasteiger partial charge on any atom is 0.0588 e. The molecule has 2 nitrogen and oxygen atoms in total. The average Bonchev–Trinajstić information content (AvgIpc) is 1.95. The van der Waals surface area contributed by atoms with Gasteiger partial charge in [-0.15, -0.1) is 0 Å². The number of hydrogen-bond acceptors (Lipinski definition) is 3. The second kappa shape index (κ2) is 2.84. The first-order valence-corrected chi connectivity index (χ1v) is 3.62. The van der Waals surface area contributed by atoms with Crippen molar-refractivity contribution < 1.29 is 0 Å². The Morgan fingerprint density at radius 1 is 1.30 bits per heavy atom. The second-order valence-electron chi connectivity index (χ2n) is 2.08. The zero-order valence-electron chi connectivity index (χ0n) is 5.54. The third-order valence-corrected chi connectivity index (χ3v) is 1.74. The Bertz CT molecular complexity index is 235. The van der Waals surface area contributed by atoms with E-state index in [2.05, 4.69) is 12.6 Å². The number of rotatable bonds is 1. The Hall–Kier alpha value is -0.830. The van der Waals surface area contributed by atoms with Crippen LogP contribution in [-0.4, -0.2) is 0 Å². The molecule has 0 bridgehead atoms. The van der Waals surface area contributed by atoms with Gasteiger partial charge in [-0.1, -0.05) is 12.1 Å². The highest BCUT2D eigenvalue weighted by Crippen LogP contribution is 2.20. The SMILES string of the molecule is Nc1cccc(CS)c1N. The first-order valence-electron chi connectivity index (χ1n) is 2.99. The molecule has 0 spiro atoms. The van der Waals surface area contributed by atoms with Gasteiger partial charge in [0.05, 0.1) is 11.4 Å². The summed E-state index contributed by atoms with van der Waals surface area (Å²) in [6.45, 7) is 0. The van der Waals surface area contributed by atoms with Crippen molar-refractivity contribution in [3.63, 3.8) is 0 Å². The van der Waals surface area contributed by atoms with Gasteiger partial charge in [0.1, 0.15) is 0 Å². The summed E-state index contributed by atoms with van der Waals surface area (Å²) in [6, 6.07) is 5.57. The summed E-state index contributed by atoms with van der Waals surface area (Å²) >= 11 is 4.09. The molecule has 1 aromatic rings. The van der Waals surface area contributed by atoms with Crippen LogP contribution in [0.5, 0.6) is 0 Å². The van der Waals surface area contributed by atoms with Crippen molar-refractivity contribution in [2.75, 3.05) is 11.5 Å². The molecule has 0 saturated carbocycles. The monoisotopic (exact) mass is 154 g/mol. The molecule has 0 radical (unpaired) electrons. The summed E-state index contributed by atoms with van der Waals surface area (Å²) in [5.41, 5.74) is 13.4. The molecule has 0 amide bonds. The number of thiol groups is 1. The fourth-order valence-electron chi connectivity index (χ4n) is 0.771. The predicted molar refractivity (Wildman–Crippen MR) is 48.0 cm³/mol. The molecule has 4 N–H and O–H groups in total. The van der Waals surface area contributed by atoms with Gasteiger partial charge < -0.3 is 11.5 Å². The van der Waals surface area contributed by atoms with Gasteiger partial charge in [0.25, 0.3) is 0 Å². The smallest absolute Gasteiger partial charge is 0.0588 e. The lowest BCUT2D eigenvalue weighted by atomic mass is 10.2. The Morgan fingerprint density at radius 3 is 2.50 bits per heavy atom. The summed E-state index contributed by atoms with van der Waals surface area (Å²) in [5.74, 6) is 0.636. The van der Waals surface area contributed by atoms with Crippen molar-refractivity contribution in [1.29, 1.82) is 0 Å². The van der Waals surface area contributed by atoms with Gasteiger partial charge in [-0.3, -0.25) is 0 Å². The highest BCUT2D eigenvalue weighted by molar-refractivity contribution is 7.79. The molecule has 0 unspecified atom stereocenters. The highest BCUT2D eigenvalue weighted by Gasteiger charge is 1.97. The number of para-hydroxylation sites is 1. The van der Waals surface area contributed by atoms with Gasteiger partial charge in [0.15, 0.2) is 0 Å². The molecule has 0 aliphatic rings. The molecule has 0 heterocycles. The van der Waals surface area contributed by atoms with E-state index < -0.39 is 0 Å². The summed E-state index contributed by atoms with van der Waals surface area (Å²) in [5, 5.41) is 0. The van der Waals surface area contributed by atoms with Crippen LogP contribution < -0.4 is 11.5 Å². The predicted octanol–water partition coefficient (Wildman–Crippen LogP) is 1.28. The van der Waals surface area contributed by atoms with Crippen LogP contribution >= 0.6 is 12.6 Å². The van der Waals surface area contributed by atoms with Crippen molar-refractivity contribution in [2.45, 2.75) is 5.75 Å². The van der Waals surface area contributed by atoms with Crippen LogP contribution in [0.15, 0.2) is 18.2 Å². The van der Waals surface area contributed by atoms with Gasteiger partial charge in [0, 0.05) is 5.75 Å². The van der Waals surface area contributed by atoms with Gasteiger partial charge in [-0.25, -0.2) is 0 Å². The molecule has 0 aliphatic carbocycles. The minimum Gasteiger partial charge on any atom is -0.397 e. The van der Waals surface area contributed by atoms with Gasteiger partial charge in [-0.05, 0) is 11.6 Å². The molecule has 1 aromatic carbocycles. The highest BCUT2D eigenvalue weighted by atomic mass is 32.1. The minimum atomic E-state index is 0.631. The molecule has 3 heteroatoms. The Balaban J connectivity index is 3.14. The number of nitrogen functional groups attached to an aromatic ring is 2. The molecular formula is C7H10N2S. The topological polar surface area (TPSA) is 52.0 Å². The van der Waals surface area contributed by atoms with Crippen LogP contribution in [0, 0.1) is 0 Å². The molecule has 1 rings (SSSR count). The van der Waals surface area contributed by atoms with Crippen LogP contribution in [0.2, 0.25) is 0 Å². The van der Waals surface area contributed by atoms with E-state index in [9.17, 15) is 0 Å². The maximum absolute atomic E-state index is 5.62. The molecule has 54 valence electrons. The van der Waals surface area contributed by atoms with Crippen molar-refractivity contribution >= 4 is 24.0 Å². The van der Waals surface area contributed by atoms with Gasteiger partial charge in [-0.2, -0.15) is 12.6 Å². The van der Waals surface area contributed by atoms with Gasteiger partial charge >= 0.3 is 0 Å². The summed E-state index contributed by atoms with van der Waals surface area (Å²) in [4.78, 5) is 0. The second-order valence-corrected chi connectivity index (χ2v) is 2.39. The first kappa shape index (κ1) is 7.28. The number of benzene rings is 1. The zero-order chi connectivity index (χ0) is 7.56. The van der Waals surface area contributed by atoms with Crippen molar-refractivity contribution in [3.05, 3.63) is 23.8 Å². The number of anilines is 2. The van der Waals surface area contributed by atoms with E-state index in [4.69, 9.17) is 11.5 Å². The standard InChI is InChI=1S/C7H10N2S/c8-6-3-1-2-5(4-10)7(6)9/h1-3,10H,4,8-9H2. The molecule has 0 aromatic heterocycles. The lowest BCUT2D eigenvalue weighted by Gasteiger charge is -2.03. The van der Waals surface area contributed by atoms with E-state index in [1.807, 2.05) is 12.1 Å². The Morgan fingerprint density at radius 2 is 2.00 bits per heavy atom. The molecule has 0 atom stereocenters. The maximum atomic E-state index is 5.62. The number of nitrogens with two attached hydrogens (primary N) is 2. The lowest BCUT2D eigenvalue weighted by molar-refractivity contribution is 1.43. The van der Waals surface area contributed by atoms with Crippen molar-refractivity contribution in [2.24, 2.45) is 0 Å². The third kappa shape index (κ3) is 1.19. The van der Waals surface area contributed by atoms with Crippen LogP contribution in [-0.2, 0) is 5.75 Å². The molecule has 0 saturated heterocycles. The Kier molecular flexibility index (Phi) is 2.06. The lowest BCUT2D eigenvalue weighted by Crippen LogP contribution is -1.97.